The third kappa shape index (κ3) is 3.96. The van der Waals surface area contributed by atoms with Crippen LogP contribution in [0.2, 0.25) is 0 Å². The number of hydrogen-bond donors (Lipinski definition) is 1. The molecular formula is C16H26N2O2S. The first-order valence-electron chi connectivity index (χ1n) is 8.01. The molecule has 118 valence electrons. The fourth-order valence-corrected chi connectivity index (χ4v) is 4.17. The number of carboxylic acid groups (broad SMARTS) is 1. The Morgan fingerprint density at radius 3 is 2.76 bits per heavy atom. The number of aromatic nitrogens is 1. The average molecular weight is 310 g/mol. The van der Waals surface area contributed by atoms with Gasteiger partial charge in [0.1, 0.15) is 4.88 Å². The molecule has 21 heavy (non-hydrogen) atoms. The van der Waals surface area contributed by atoms with Gasteiger partial charge in [0.05, 0.1) is 5.69 Å². The third-order valence-corrected chi connectivity index (χ3v) is 5.32. The highest BCUT2D eigenvalue weighted by molar-refractivity contribution is 7.17. The van der Waals surface area contributed by atoms with Crippen molar-refractivity contribution in [1.29, 1.82) is 0 Å². The Hall–Kier alpha value is -1.10. The van der Waals surface area contributed by atoms with Crippen molar-refractivity contribution in [2.75, 3.05) is 18.0 Å². The van der Waals surface area contributed by atoms with Crippen molar-refractivity contribution in [1.82, 2.24) is 4.98 Å². The molecule has 0 saturated carbocycles. The standard InChI is InChI=1S/C16H26N2O2S/c1-4-6-12-7-5-9-18(10-8-12)16-17-13(11(2)3)14(21-16)15(19)20/h11-12H,4-10H2,1-3H3,(H,19,20). The highest BCUT2D eigenvalue weighted by Crippen LogP contribution is 2.33. The molecule has 5 heteroatoms. The quantitative estimate of drug-likeness (QED) is 0.877. The van der Waals surface area contributed by atoms with Gasteiger partial charge in [0, 0.05) is 13.1 Å². The summed E-state index contributed by atoms with van der Waals surface area (Å²) in [4.78, 5) is 18.7. The van der Waals surface area contributed by atoms with Gasteiger partial charge in [0.25, 0.3) is 0 Å². The number of hydrogen-bond acceptors (Lipinski definition) is 4. The molecule has 4 nitrogen and oxygen atoms in total. The summed E-state index contributed by atoms with van der Waals surface area (Å²) >= 11 is 1.34. The molecule has 1 atom stereocenters. The van der Waals surface area contributed by atoms with E-state index in [0.717, 1.165) is 29.8 Å². The van der Waals surface area contributed by atoms with E-state index in [1.54, 1.807) is 0 Å². The second-order valence-electron chi connectivity index (χ2n) is 6.24. The molecule has 0 aliphatic carbocycles. The highest BCUT2D eigenvalue weighted by Gasteiger charge is 2.24. The molecule has 0 radical (unpaired) electrons. The van der Waals surface area contributed by atoms with Crippen LogP contribution in [0.1, 0.15) is 74.2 Å². The predicted octanol–water partition coefficient (Wildman–Crippen LogP) is 4.37. The average Bonchev–Trinajstić information content (AvgIpc) is 2.75. The fourth-order valence-electron chi connectivity index (χ4n) is 3.05. The minimum atomic E-state index is -0.846. The van der Waals surface area contributed by atoms with Crippen molar-refractivity contribution >= 4 is 22.4 Å². The van der Waals surface area contributed by atoms with Crippen molar-refractivity contribution in [3.05, 3.63) is 10.6 Å². The zero-order chi connectivity index (χ0) is 15.4. The summed E-state index contributed by atoms with van der Waals surface area (Å²) in [5.74, 6) is 0.130. The zero-order valence-electron chi connectivity index (χ0n) is 13.3. The Morgan fingerprint density at radius 1 is 1.43 bits per heavy atom. The summed E-state index contributed by atoms with van der Waals surface area (Å²) in [6.45, 7) is 8.27. The number of nitrogens with zero attached hydrogens (tertiary/aromatic N) is 2. The largest absolute Gasteiger partial charge is 0.477 e. The summed E-state index contributed by atoms with van der Waals surface area (Å²) in [6.07, 6.45) is 6.24. The molecule has 2 heterocycles. The molecule has 1 aromatic heterocycles. The van der Waals surface area contributed by atoms with Gasteiger partial charge < -0.3 is 10.0 Å². The number of carboxylic acids is 1. The Balaban J connectivity index is 2.14. The van der Waals surface area contributed by atoms with Crippen LogP contribution in [-0.2, 0) is 0 Å². The maximum absolute atomic E-state index is 11.4. The topological polar surface area (TPSA) is 53.4 Å². The van der Waals surface area contributed by atoms with Crippen molar-refractivity contribution in [3.8, 4) is 0 Å². The van der Waals surface area contributed by atoms with Gasteiger partial charge >= 0.3 is 5.97 Å². The maximum Gasteiger partial charge on any atom is 0.347 e. The van der Waals surface area contributed by atoms with E-state index in [0.29, 0.717) is 4.88 Å². The second-order valence-corrected chi connectivity index (χ2v) is 7.22. The van der Waals surface area contributed by atoms with Crippen LogP contribution in [0.5, 0.6) is 0 Å². The molecule has 1 fully saturated rings. The summed E-state index contributed by atoms with van der Waals surface area (Å²) < 4.78 is 0. The summed E-state index contributed by atoms with van der Waals surface area (Å²) in [6, 6.07) is 0. The monoisotopic (exact) mass is 310 g/mol. The molecule has 1 aliphatic heterocycles. The predicted molar refractivity (Wildman–Crippen MR) is 87.6 cm³/mol. The van der Waals surface area contributed by atoms with E-state index in [1.807, 2.05) is 13.8 Å². The first kappa shape index (κ1) is 16.3. The Bertz CT molecular complexity index is 485. The van der Waals surface area contributed by atoms with Gasteiger partial charge in [-0.05, 0) is 31.1 Å². The van der Waals surface area contributed by atoms with Crippen LogP contribution in [0.25, 0.3) is 0 Å². The van der Waals surface area contributed by atoms with E-state index in [1.165, 1.54) is 43.4 Å². The molecule has 0 spiro atoms. The lowest BCUT2D eigenvalue weighted by Gasteiger charge is -2.19. The lowest BCUT2D eigenvalue weighted by molar-refractivity contribution is 0.0700. The molecule has 0 amide bonds. The first-order chi connectivity index (χ1) is 10.0. The molecular weight excluding hydrogens is 284 g/mol. The van der Waals surface area contributed by atoms with Gasteiger partial charge in [-0.3, -0.25) is 0 Å². The highest BCUT2D eigenvalue weighted by atomic mass is 32.1. The number of thiazole rings is 1. The van der Waals surface area contributed by atoms with E-state index in [2.05, 4.69) is 16.8 Å². The molecule has 1 aliphatic rings. The van der Waals surface area contributed by atoms with Crippen LogP contribution < -0.4 is 4.90 Å². The van der Waals surface area contributed by atoms with Crippen molar-refractivity contribution in [2.45, 2.75) is 58.8 Å². The van der Waals surface area contributed by atoms with Gasteiger partial charge in [0.15, 0.2) is 5.13 Å². The van der Waals surface area contributed by atoms with E-state index in [-0.39, 0.29) is 5.92 Å². The van der Waals surface area contributed by atoms with E-state index >= 15 is 0 Å². The normalized spacial score (nSPS) is 19.8. The van der Waals surface area contributed by atoms with Gasteiger partial charge in [-0.2, -0.15) is 0 Å². The second kappa shape index (κ2) is 7.25. The van der Waals surface area contributed by atoms with Crippen LogP contribution in [0.15, 0.2) is 0 Å². The molecule has 1 aromatic rings. The zero-order valence-corrected chi connectivity index (χ0v) is 14.1. The van der Waals surface area contributed by atoms with Crippen molar-refractivity contribution < 1.29 is 9.90 Å². The van der Waals surface area contributed by atoms with Crippen LogP contribution in [0, 0.1) is 5.92 Å². The number of anilines is 1. The van der Waals surface area contributed by atoms with Crippen LogP contribution in [-0.4, -0.2) is 29.1 Å². The minimum Gasteiger partial charge on any atom is -0.477 e. The van der Waals surface area contributed by atoms with E-state index in [4.69, 9.17) is 0 Å². The Labute approximate surface area is 131 Å². The van der Waals surface area contributed by atoms with Crippen molar-refractivity contribution in [2.24, 2.45) is 5.92 Å². The van der Waals surface area contributed by atoms with E-state index in [9.17, 15) is 9.90 Å². The van der Waals surface area contributed by atoms with Gasteiger partial charge in [-0.25, -0.2) is 9.78 Å². The fraction of sp³-hybridized carbons (Fsp3) is 0.750. The van der Waals surface area contributed by atoms with Gasteiger partial charge in [-0.15, -0.1) is 0 Å². The Kier molecular flexibility index (Phi) is 5.62. The van der Waals surface area contributed by atoms with E-state index < -0.39 is 5.97 Å². The lowest BCUT2D eigenvalue weighted by Crippen LogP contribution is -2.24. The van der Waals surface area contributed by atoms with Crippen LogP contribution >= 0.6 is 11.3 Å². The molecule has 1 N–H and O–H groups in total. The summed E-state index contributed by atoms with van der Waals surface area (Å²) in [7, 11) is 0. The molecule has 0 aromatic carbocycles. The smallest absolute Gasteiger partial charge is 0.347 e. The maximum atomic E-state index is 11.4. The number of aromatic carboxylic acids is 1. The van der Waals surface area contributed by atoms with Gasteiger partial charge in [0.2, 0.25) is 0 Å². The lowest BCUT2D eigenvalue weighted by atomic mass is 9.96. The minimum absolute atomic E-state index is 0.154. The third-order valence-electron chi connectivity index (χ3n) is 4.20. The Morgan fingerprint density at radius 2 is 2.19 bits per heavy atom. The first-order valence-corrected chi connectivity index (χ1v) is 8.83. The molecule has 1 unspecified atom stereocenters. The molecule has 2 rings (SSSR count). The van der Waals surface area contributed by atoms with Crippen LogP contribution in [0.3, 0.4) is 0 Å². The summed E-state index contributed by atoms with van der Waals surface area (Å²) in [5.41, 5.74) is 0.733. The number of carbonyl (C=O) groups is 1. The van der Waals surface area contributed by atoms with Crippen molar-refractivity contribution in [3.63, 3.8) is 0 Å². The van der Waals surface area contributed by atoms with Gasteiger partial charge in [-0.1, -0.05) is 44.9 Å². The molecule has 0 bridgehead atoms. The molecule has 1 saturated heterocycles. The number of rotatable bonds is 5. The van der Waals surface area contributed by atoms with Crippen LogP contribution in [0.4, 0.5) is 5.13 Å². The SMILES string of the molecule is CCCC1CCCN(c2nc(C(C)C)c(C(=O)O)s2)CC1. The summed E-state index contributed by atoms with van der Waals surface area (Å²) in [5, 5.41) is 10.2.